The molecule has 1 aliphatic heterocycles. The molecule has 2 N–H and O–H groups in total. The van der Waals surface area contributed by atoms with Gasteiger partial charge in [0.2, 0.25) is 11.8 Å². The summed E-state index contributed by atoms with van der Waals surface area (Å²) in [5.41, 5.74) is 0.741. The lowest BCUT2D eigenvalue weighted by Crippen LogP contribution is -2.60. The number of carbonyl (C=O) groups excluding carboxylic acids is 3. The molecule has 1 aliphatic rings. The highest BCUT2D eigenvalue weighted by atomic mass is 32.1. The quantitative estimate of drug-likeness (QED) is 0.357. The minimum Gasteiger partial charge on any atom is -0.496 e. The van der Waals surface area contributed by atoms with Crippen molar-refractivity contribution < 1.29 is 23.9 Å². The SMILES string of the molecule is COc1ccccc1/C=C/C(=O)NC(=S)N1CCNC(=O)C1CC(=O)OCCC(C)C. The van der Waals surface area contributed by atoms with Crippen molar-refractivity contribution >= 4 is 41.2 Å². The van der Waals surface area contributed by atoms with Crippen LogP contribution < -0.4 is 15.4 Å². The summed E-state index contributed by atoms with van der Waals surface area (Å²) in [6, 6.07) is 6.45. The second kappa shape index (κ2) is 12.0. The minimum absolute atomic E-state index is 0.0875. The Hall–Kier alpha value is -2.94. The smallest absolute Gasteiger partial charge is 0.308 e. The minimum atomic E-state index is -0.828. The molecule has 2 rings (SSSR count). The van der Waals surface area contributed by atoms with Crippen LogP contribution >= 0.6 is 12.2 Å². The van der Waals surface area contributed by atoms with Gasteiger partial charge >= 0.3 is 5.97 Å². The number of piperazine rings is 1. The van der Waals surface area contributed by atoms with E-state index < -0.39 is 17.9 Å². The van der Waals surface area contributed by atoms with Crippen LogP contribution in [0.15, 0.2) is 30.3 Å². The Labute approximate surface area is 188 Å². The van der Waals surface area contributed by atoms with Gasteiger partial charge in [-0.25, -0.2) is 0 Å². The maximum atomic E-state index is 12.3. The number of nitrogens with one attached hydrogen (secondary N) is 2. The molecule has 1 heterocycles. The summed E-state index contributed by atoms with van der Waals surface area (Å²) in [5, 5.41) is 5.41. The monoisotopic (exact) mass is 447 g/mol. The van der Waals surface area contributed by atoms with Gasteiger partial charge in [0.1, 0.15) is 11.8 Å². The van der Waals surface area contributed by atoms with E-state index in [1.807, 2.05) is 32.0 Å². The zero-order chi connectivity index (χ0) is 22.8. The molecule has 1 aromatic carbocycles. The van der Waals surface area contributed by atoms with Crippen LogP contribution in [0.4, 0.5) is 0 Å². The summed E-state index contributed by atoms with van der Waals surface area (Å²) in [7, 11) is 1.55. The van der Waals surface area contributed by atoms with Crippen molar-refractivity contribution in [3.8, 4) is 5.75 Å². The Kier molecular flexibility index (Phi) is 9.45. The Bertz CT molecular complexity index is 840. The summed E-state index contributed by atoms with van der Waals surface area (Å²) in [4.78, 5) is 38.4. The number of ether oxygens (including phenoxy) is 2. The number of rotatable bonds is 8. The number of hydrogen-bond acceptors (Lipinski definition) is 6. The lowest BCUT2D eigenvalue weighted by Gasteiger charge is -2.36. The number of benzene rings is 1. The Morgan fingerprint density at radius 3 is 2.81 bits per heavy atom. The molecule has 168 valence electrons. The molecule has 0 spiro atoms. The fourth-order valence-corrected chi connectivity index (χ4v) is 3.29. The molecule has 1 unspecified atom stereocenters. The molecule has 0 aliphatic carbocycles. The molecule has 0 bridgehead atoms. The van der Waals surface area contributed by atoms with Crippen LogP contribution in [0.2, 0.25) is 0 Å². The van der Waals surface area contributed by atoms with Gasteiger partial charge in [-0.3, -0.25) is 19.7 Å². The van der Waals surface area contributed by atoms with E-state index in [9.17, 15) is 14.4 Å². The highest BCUT2D eigenvalue weighted by Crippen LogP contribution is 2.18. The van der Waals surface area contributed by atoms with Gasteiger partial charge < -0.3 is 19.7 Å². The summed E-state index contributed by atoms with van der Waals surface area (Å²) < 4.78 is 10.5. The molecule has 1 atom stereocenters. The highest BCUT2D eigenvalue weighted by molar-refractivity contribution is 7.80. The summed E-state index contributed by atoms with van der Waals surface area (Å²) in [6.45, 7) is 5.12. The first-order chi connectivity index (χ1) is 14.8. The molecule has 9 heteroatoms. The third-order valence-electron chi connectivity index (χ3n) is 4.69. The van der Waals surface area contributed by atoms with E-state index >= 15 is 0 Å². The normalized spacial score (nSPS) is 16.2. The number of methoxy groups -OCH3 is 1. The third kappa shape index (κ3) is 7.67. The second-order valence-electron chi connectivity index (χ2n) is 7.48. The number of amides is 2. The predicted octanol–water partition coefficient (Wildman–Crippen LogP) is 1.89. The van der Waals surface area contributed by atoms with Crippen LogP contribution in [-0.2, 0) is 19.1 Å². The van der Waals surface area contributed by atoms with Gasteiger partial charge in [0.15, 0.2) is 5.11 Å². The lowest BCUT2D eigenvalue weighted by atomic mass is 10.1. The molecule has 1 saturated heterocycles. The Balaban J connectivity index is 1.97. The van der Waals surface area contributed by atoms with Gasteiger partial charge in [-0.2, -0.15) is 0 Å². The van der Waals surface area contributed by atoms with Crippen LogP contribution in [-0.4, -0.2) is 60.6 Å². The van der Waals surface area contributed by atoms with E-state index in [0.717, 1.165) is 12.0 Å². The first-order valence-electron chi connectivity index (χ1n) is 10.2. The first-order valence-corrected chi connectivity index (χ1v) is 10.6. The second-order valence-corrected chi connectivity index (χ2v) is 7.86. The summed E-state index contributed by atoms with van der Waals surface area (Å²) in [6.07, 6.45) is 3.56. The van der Waals surface area contributed by atoms with Crippen molar-refractivity contribution in [2.75, 3.05) is 26.8 Å². The third-order valence-corrected chi connectivity index (χ3v) is 5.03. The lowest BCUT2D eigenvalue weighted by molar-refractivity contribution is -0.147. The van der Waals surface area contributed by atoms with E-state index in [0.29, 0.717) is 31.4 Å². The van der Waals surface area contributed by atoms with E-state index in [1.165, 1.54) is 6.08 Å². The summed E-state index contributed by atoms with van der Waals surface area (Å²) in [5.74, 6) is -0.196. The van der Waals surface area contributed by atoms with Crippen LogP contribution in [0.5, 0.6) is 5.75 Å². The van der Waals surface area contributed by atoms with Gasteiger partial charge in [-0.05, 0) is 36.7 Å². The average Bonchev–Trinajstić information content (AvgIpc) is 2.73. The topological polar surface area (TPSA) is 97.0 Å². The predicted molar refractivity (Wildman–Crippen MR) is 121 cm³/mol. The number of esters is 1. The molecule has 31 heavy (non-hydrogen) atoms. The number of para-hydroxylation sites is 1. The van der Waals surface area contributed by atoms with Crippen LogP contribution in [0, 0.1) is 5.92 Å². The van der Waals surface area contributed by atoms with Crippen LogP contribution in [0.1, 0.15) is 32.3 Å². The molecular weight excluding hydrogens is 418 g/mol. The fraction of sp³-hybridized carbons (Fsp3) is 0.455. The van der Waals surface area contributed by atoms with Crippen molar-refractivity contribution in [1.82, 2.24) is 15.5 Å². The molecular formula is C22H29N3O5S. The average molecular weight is 448 g/mol. The van der Waals surface area contributed by atoms with E-state index in [4.69, 9.17) is 21.7 Å². The van der Waals surface area contributed by atoms with Crippen molar-refractivity contribution in [1.29, 1.82) is 0 Å². The zero-order valence-corrected chi connectivity index (χ0v) is 18.9. The molecule has 2 amide bonds. The van der Waals surface area contributed by atoms with E-state index in [-0.39, 0.29) is 17.4 Å². The van der Waals surface area contributed by atoms with Gasteiger partial charge in [-0.15, -0.1) is 0 Å². The van der Waals surface area contributed by atoms with Crippen LogP contribution in [0.25, 0.3) is 6.08 Å². The van der Waals surface area contributed by atoms with E-state index in [1.54, 1.807) is 24.2 Å². The zero-order valence-electron chi connectivity index (χ0n) is 18.1. The van der Waals surface area contributed by atoms with Crippen molar-refractivity contribution in [3.63, 3.8) is 0 Å². The van der Waals surface area contributed by atoms with Crippen molar-refractivity contribution in [2.45, 2.75) is 32.7 Å². The summed E-state index contributed by atoms with van der Waals surface area (Å²) >= 11 is 5.34. The Morgan fingerprint density at radius 2 is 2.10 bits per heavy atom. The van der Waals surface area contributed by atoms with Crippen molar-refractivity contribution in [3.05, 3.63) is 35.9 Å². The number of thiocarbonyl (C=S) groups is 1. The maximum absolute atomic E-state index is 12.3. The van der Waals surface area contributed by atoms with Crippen LogP contribution in [0.3, 0.4) is 0 Å². The Morgan fingerprint density at radius 1 is 1.35 bits per heavy atom. The van der Waals surface area contributed by atoms with Gasteiger partial charge in [-0.1, -0.05) is 32.0 Å². The number of carbonyl (C=O) groups is 3. The molecule has 8 nitrogen and oxygen atoms in total. The van der Waals surface area contributed by atoms with Gasteiger partial charge in [0, 0.05) is 24.7 Å². The largest absolute Gasteiger partial charge is 0.496 e. The molecule has 0 aromatic heterocycles. The van der Waals surface area contributed by atoms with Gasteiger partial charge in [0.05, 0.1) is 20.1 Å². The molecule has 1 aromatic rings. The molecule has 1 fully saturated rings. The first kappa shape index (κ1) is 24.3. The number of hydrogen-bond donors (Lipinski definition) is 2. The maximum Gasteiger partial charge on any atom is 0.308 e. The van der Waals surface area contributed by atoms with Crippen molar-refractivity contribution in [2.24, 2.45) is 5.92 Å². The van der Waals surface area contributed by atoms with Gasteiger partial charge in [0.25, 0.3) is 0 Å². The standard InChI is InChI=1S/C22H29N3O5S/c1-15(2)10-13-30-20(27)14-17-21(28)23-11-12-25(17)22(31)24-19(26)9-8-16-6-4-5-7-18(16)29-3/h4-9,15,17H,10-14H2,1-3H3,(H,23,28)(H,24,26,31)/b9-8+. The number of nitrogens with zero attached hydrogens (tertiary/aromatic N) is 1. The van der Waals surface area contributed by atoms with E-state index in [2.05, 4.69) is 10.6 Å². The fourth-order valence-electron chi connectivity index (χ4n) is 2.97. The molecule has 0 saturated carbocycles. The highest BCUT2D eigenvalue weighted by Gasteiger charge is 2.34. The molecule has 0 radical (unpaired) electrons.